The van der Waals surface area contributed by atoms with Crippen LogP contribution in [-0.4, -0.2) is 123 Å². The van der Waals surface area contributed by atoms with Crippen LogP contribution in [0.1, 0.15) is 26.5 Å². The van der Waals surface area contributed by atoms with Gasteiger partial charge in [-0.15, -0.1) is 11.8 Å². The standard InChI is InChI=1S/C33H43N8O16P3S/c1-33(2,28(44)31(45)36-11-10-23(42)35-12-13-61-22-9-5-7-19-18-6-3-4-8-20(18)40-24(19)22)15-54-60(51,52)57-59(49,50)53-14-21-27(56-58(46,47)48)26(43)32(55-21)41-17-39-25-29(34)37-16-38-30(25)41/h3-9,16-17,21,26-28,32,40,43-44H,10-15H2,1-2H3,(H,35,42)(H,36,45)(H,49,50)(H,51,52)(H2,34,37,38)(H2,46,47,48)/t21-,26-,27-,28+,32-/m1/s1. The van der Waals surface area contributed by atoms with Crippen LogP contribution in [0.2, 0.25) is 0 Å². The number of aromatic amines is 1. The topological polar surface area (TPSA) is 362 Å². The molecule has 0 bridgehead atoms. The number of aromatic nitrogens is 5. The van der Waals surface area contributed by atoms with Gasteiger partial charge >= 0.3 is 23.5 Å². The first kappa shape index (κ1) is 46.6. The lowest BCUT2D eigenvalue weighted by molar-refractivity contribution is -0.137. The highest BCUT2D eigenvalue weighted by molar-refractivity contribution is 7.99. The number of ether oxygens (including phenoxy) is 1. The average Bonchev–Trinajstić information content (AvgIpc) is 3.88. The highest BCUT2D eigenvalue weighted by Gasteiger charge is 2.50. The molecule has 0 spiro atoms. The van der Waals surface area contributed by atoms with Gasteiger partial charge in [-0.3, -0.25) is 27.7 Å². The number of phosphoric acid groups is 3. The Morgan fingerprint density at radius 3 is 2.48 bits per heavy atom. The van der Waals surface area contributed by atoms with Gasteiger partial charge in [0.2, 0.25) is 11.8 Å². The third-order valence-corrected chi connectivity index (χ3v) is 13.4. The zero-order chi connectivity index (χ0) is 44.3. The normalized spacial score (nSPS) is 21.0. The first-order valence-corrected chi connectivity index (χ1v) is 23.7. The Kier molecular flexibility index (Phi) is 14.4. The van der Waals surface area contributed by atoms with Crippen LogP contribution in [0.4, 0.5) is 5.82 Å². The van der Waals surface area contributed by atoms with E-state index < -0.39 is 78.6 Å². The molecule has 28 heteroatoms. The van der Waals surface area contributed by atoms with E-state index in [1.54, 1.807) is 11.8 Å². The molecule has 4 heterocycles. The summed E-state index contributed by atoms with van der Waals surface area (Å²) >= 11 is 1.57. The number of aliphatic hydroxyl groups excluding tert-OH is 2. The summed E-state index contributed by atoms with van der Waals surface area (Å²) in [5, 5.41) is 29.0. The van der Waals surface area contributed by atoms with Gasteiger partial charge < -0.3 is 55.9 Å². The third-order valence-electron chi connectivity index (χ3n) is 9.26. The number of nitrogens with zero attached hydrogens (tertiary/aromatic N) is 4. The average molecular weight is 933 g/mol. The maximum absolute atomic E-state index is 12.7. The van der Waals surface area contributed by atoms with Gasteiger partial charge in [-0.25, -0.2) is 28.6 Å². The van der Waals surface area contributed by atoms with Crippen molar-refractivity contribution < 1.29 is 75.7 Å². The molecule has 24 nitrogen and oxygen atoms in total. The van der Waals surface area contributed by atoms with Crippen molar-refractivity contribution in [2.75, 3.05) is 37.8 Å². The van der Waals surface area contributed by atoms with E-state index in [0.29, 0.717) is 12.3 Å². The number of benzene rings is 2. The minimum Gasteiger partial charge on any atom is -0.386 e. The number of amides is 2. The molecule has 0 radical (unpaired) electrons. The second-order valence-corrected chi connectivity index (χ2v) is 19.6. The number of carbonyl (C=O) groups is 2. The molecule has 1 saturated heterocycles. The van der Waals surface area contributed by atoms with Crippen molar-refractivity contribution in [2.24, 2.45) is 5.41 Å². The zero-order valence-electron chi connectivity index (χ0n) is 32.2. The molecule has 1 aliphatic heterocycles. The molecule has 1 aliphatic rings. The van der Waals surface area contributed by atoms with Crippen molar-refractivity contribution in [3.63, 3.8) is 0 Å². The van der Waals surface area contributed by atoms with Crippen molar-refractivity contribution >= 4 is 85.8 Å². The van der Waals surface area contributed by atoms with Gasteiger partial charge in [0, 0.05) is 51.9 Å². The monoisotopic (exact) mass is 932 g/mol. The van der Waals surface area contributed by atoms with Crippen LogP contribution >= 0.6 is 35.2 Å². The lowest BCUT2D eigenvalue weighted by Crippen LogP contribution is -2.46. The number of fused-ring (bicyclic) bond motifs is 4. The van der Waals surface area contributed by atoms with E-state index >= 15 is 0 Å². The largest absolute Gasteiger partial charge is 0.481 e. The van der Waals surface area contributed by atoms with Crippen LogP contribution in [0.3, 0.4) is 0 Å². The summed E-state index contributed by atoms with van der Waals surface area (Å²) < 4.78 is 62.4. The van der Waals surface area contributed by atoms with Crippen molar-refractivity contribution in [2.45, 2.75) is 55.8 Å². The molecule has 2 amide bonds. The number of carbonyl (C=O) groups excluding carboxylic acids is 2. The smallest absolute Gasteiger partial charge is 0.386 e. The first-order chi connectivity index (χ1) is 28.6. The number of anilines is 1. The van der Waals surface area contributed by atoms with E-state index in [4.69, 9.17) is 19.5 Å². The molecule has 7 atom stereocenters. The van der Waals surface area contributed by atoms with E-state index in [-0.39, 0.29) is 35.9 Å². The molecule has 3 aromatic heterocycles. The first-order valence-electron chi connectivity index (χ1n) is 18.2. The Hall–Kier alpha value is -3.87. The molecule has 0 saturated carbocycles. The number of para-hydroxylation sites is 2. The number of imidazole rings is 1. The second-order valence-electron chi connectivity index (χ2n) is 14.3. The number of nitrogens with two attached hydrogens (primary N) is 1. The zero-order valence-corrected chi connectivity index (χ0v) is 35.7. The fraction of sp³-hybridized carbons (Fsp3) is 0.424. The molecule has 61 heavy (non-hydrogen) atoms. The number of H-pyrrole nitrogens is 1. The molecule has 11 N–H and O–H groups in total. The number of hydrogen-bond acceptors (Lipinski definition) is 17. The van der Waals surface area contributed by atoms with E-state index in [2.05, 4.69) is 39.4 Å². The number of rotatable bonds is 20. The van der Waals surface area contributed by atoms with Gasteiger partial charge in [-0.1, -0.05) is 44.2 Å². The third kappa shape index (κ3) is 11.6. The fourth-order valence-corrected chi connectivity index (χ4v) is 9.99. The molecule has 332 valence electrons. The van der Waals surface area contributed by atoms with E-state index in [9.17, 15) is 53.1 Å². The summed E-state index contributed by atoms with van der Waals surface area (Å²) in [4.78, 5) is 80.8. The van der Waals surface area contributed by atoms with Gasteiger partial charge in [0.15, 0.2) is 17.7 Å². The predicted octanol–water partition coefficient (Wildman–Crippen LogP) is 1.83. The Morgan fingerprint density at radius 2 is 1.72 bits per heavy atom. The Balaban J connectivity index is 0.934. The molecular weight excluding hydrogens is 889 g/mol. The number of nitrogens with one attached hydrogen (secondary N) is 3. The molecule has 2 unspecified atom stereocenters. The minimum atomic E-state index is -5.57. The van der Waals surface area contributed by atoms with Crippen LogP contribution in [0.25, 0.3) is 33.0 Å². The molecule has 2 aromatic carbocycles. The van der Waals surface area contributed by atoms with Gasteiger partial charge in [-0.2, -0.15) is 4.31 Å². The van der Waals surface area contributed by atoms with Crippen molar-refractivity contribution in [3.8, 4) is 0 Å². The lowest BCUT2D eigenvalue weighted by Gasteiger charge is -2.30. The molecule has 5 aromatic rings. The summed E-state index contributed by atoms with van der Waals surface area (Å²) in [6.07, 6.45) is -6.82. The van der Waals surface area contributed by atoms with Crippen LogP contribution in [0.15, 0.2) is 60.0 Å². The Labute approximate surface area is 350 Å². The highest BCUT2D eigenvalue weighted by Crippen LogP contribution is 2.61. The van der Waals surface area contributed by atoms with Crippen molar-refractivity contribution in [1.29, 1.82) is 0 Å². The van der Waals surface area contributed by atoms with Crippen LogP contribution in [0, 0.1) is 5.41 Å². The van der Waals surface area contributed by atoms with Crippen LogP contribution in [-0.2, 0) is 45.9 Å². The Bertz CT molecular complexity index is 2540. The van der Waals surface area contributed by atoms with Crippen LogP contribution in [0.5, 0.6) is 0 Å². The van der Waals surface area contributed by atoms with E-state index in [0.717, 1.165) is 43.9 Å². The van der Waals surface area contributed by atoms with E-state index in [1.807, 2.05) is 42.5 Å². The lowest BCUT2D eigenvalue weighted by atomic mass is 9.87. The van der Waals surface area contributed by atoms with E-state index in [1.165, 1.54) is 13.8 Å². The van der Waals surface area contributed by atoms with Gasteiger partial charge in [0.1, 0.15) is 36.3 Å². The number of nitrogen functional groups attached to an aromatic ring is 1. The SMILES string of the molecule is CC(C)(COP(=O)(O)OP(=O)(O)OC[C@H]1O[C@@H](n2cnc3c(N)ncnc32)[C@H](O)[C@@H]1OP(=O)(O)O)[C@@H](O)C(=O)NCCC(=O)NCCSc1cccc2c1[nH]c1ccccc12. The second kappa shape index (κ2) is 18.9. The van der Waals surface area contributed by atoms with Gasteiger partial charge in [0.05, 0.1) is 25.1 Å². The number of hydrogen-bond donors (Lipinski definition) is 10. The minimum absolute atomic E-state index is 0.0357. The summed E-state index contributed by atoms with van der Waals surface area (Å²) in [5.74, 6) is -0.771. The molecule has 0 aliphatic carbocycles. The molecule has 1 fully saturated rings. The summed E-state index contributed by atoms with van der Waals surface area (Å²) in [6.45, 7) is 0.742. The quantitative estimate of drug-likeness (QED) is 0.0302. The fourth-order valence-electron chi connectivity index (χ4n) is 6.26. The maximum atomic E-state index is 12.7. The number of thioether (sulfide) groups is 1. The van der Waals surface area contributed by atoms with Gasteiger partial charge in [-0.05, 0) is 12.1 Å². The Morgan fingerprint density at radius 1 is 1.00 bits per heavy atom. The summed E-state index contributed by atoms with van der Waals surface area (Å²) in [6, 6.07) is 14.0. The number of phosphoric ester groups is 3. The summed E-state index contributed by atoms with van der Waals surface area (Å²) in [7, 11) is -16.4. The predicted molar refractivity (Wildman–Crippen MR) is 216 cm³/mol. The van der Waals surface area contributed by atoms with Crippen molar-refractivity contribution in [1.82, 2.24) is 35.1 Å². The maximum Gasteiger partial charge on any atom is 0.481 e. The van der Waals surface area contributed by atoms with Crippen molar-refractivity contribution in [3.05, 3.63) is 55.1 Å². The van der Waals surface area contributed by atoms with Crippen LogP contribution < -0.4 is 16.4 Å². The molecule has 6 rings (SSSR count). The number of aliphatic hydroxyl groups is 2. The molecular formula is C33H43N8O16P3S. The highest BCUT2D eigenvalue weighted by atomic mass is 32.2. The van der Waals surface area contributed by atoms with Gasteiger partial charge in [0.25, 0.3) is 0 Å². The summed E-state index contributed by atoms with van der Waals surface area (Å²) in [5.41, 5.74) is 6.33.